The van der Waals surface area contributed by atoms with Crippen LogP contribution in [0.5, 0.6) is 17.2 Å². The molecule has 1 aliphatic rings. The summed E-state index contributed by atoms with van der Waals surface area (Å²) in [5.41, 5.74) is 2.01. The van der Waals surface area contributed by atoms with Gasteiger partial charge >= 0.3 is 0 Å². The highest BCUT2D eigenvalue weighted by molar-refractivity contribution is 7.21. The van der Waals surface area contributed by atoms with Gasteiger partial charge in [-0.05, 0) is 36.4 Å². The predicted octanol–water partition coefficient (Wildman–Crippen LogP) is 3.70. The van der Waals surface area contributed by atoms with Gasteiger partial charge in [-0.2, -0.15) is 0 Å². The molecule has 4 nitrogen and oxygen atoms in total. The van der Waals surface area contributed by atoms with Gasteiger partial charge < -0.3 is 14.2 Å². The lowest BCUT2D eigenvalue weighted by Gasteiger charge is -1.98. The van der Waals surface area contributed by atoms with Gasteiger partial charge in [0.25, 0.3) is 0 Å². The number of thiazole rings is 1. The molecule has 4 rings (SSSR count). The Kier molecular flexibility index (Phi) is 2.53. The molecule has 2 aromatic carbocycles. The van der Waals surface area contributed by atoms with E-state index in [-0.39, 0.29) is 6.79 Å². The molecule has 1 aliphatic heterocycles. The standard InChI is InChI=1S/C15H11NO3S/c1-17-10-3-4-11-14(7-10)20-15(16-11)9-2-5-12-13(6-9)19-8-18-12/h2-7H,8H2,1H3. The SMILES string of the molecule is COc1ccc2nc(-c3ccc4c(c3)OCO4)sc2c1. The summed E-state index contributed by atoms with van der Waals surface area (Å²) in [5, 5.41) is 0.964. The average molecular weight is 285 g/mol. The van der Waals surface area contributed by atoms with E-state index in [9.17, 15) is 0 Å². The van der Waals surface area contributed by atoms with Crippen molar-refractivity contribution in [3.05, 3.63) is 36.4 Å². The van der Waals surface area contributed by atoms with Crippen molar-refractivity contribution < 1.29 is 14.2 Å². The van der Waals surface area contributed by atoms with Crippen LogP contribution in [0.2, 0.25) is 0 Å². The quantitative estimate of drug-likeness (QED) is 0.720. The molecule has 3 aromatic rings. The number of benzene rings is 2. The van der Waals surface area contributed by atoms with Crippen molar-refractivity contribution in [1.29, 1.82) is 0 Å². The normalized spacial score (nSPS) is 12.8. The number of ether oxygens (including phenoxy) is 3. The van der Waals surface area contributed by atoms with Gasteiger partial charge in [0.15, 0.2) is 11.5 Å². The third-order valence-electron chi connectivity index (χ3n) is 3.22. The fourth-order valence-electron chi connectivity index (χ4n) is 2.18. The molecular formula is C15H11NO3S. The van der Waals surface area contributed by atoms with Gasteiger partial charge in [-0.25, -0.2) is 4.98 Å². The summed E-state index contributed by atoms with van der Waals surface area (Å²) >= 11 is 1.64. The van der Waals surface area contributed by atoms with Gasteiger partial charge in [-0.3, -0.25) is 0 Å². The minimum absolute atomic E-state index is 0.288. The Hall–Kier alpha value is -2.27. The molecule has 2 heterocycles. The molecule has 0 atom stereocenters. The smallest absolute Gasteiger partial charge is 0.231 e. The molecule has 1 aromatic heterocycles. The van der Waals surface area contributed by atoms with Crippen LogP contribution < -0.4 is 14.2 Å². The summed E-state index contributed by atoms with van der Waals surface area (Å²) in [6, 6.07) is 11.8. The van der Waals surface area contributed by atoms with Crippen LogP contribution in [0.4, 0.5) is 0 Å². The van der Waals surface area contributed by atoms with Crippen molar-refractivity contribution in [2.45, 2.75) is 0 Å². The Labute approximate surface area is 119 Å². The van der Waals surface area contributed by atoms with E-state index >= 15 is 0 Å². The Morgan fingerprint density at radius 3 is 2.90 bits per heavy atom. The number of nitrogens with zero attached hydrogens (tertiary/aromatic N) is 1. The molecule has 0 saturated heterocycles. The molecule has 0 aliphatic carbocycles. The molecule has 100 valence electrons. The first kappa shape index (κ1) is 11.5. The Balaban J connectivity index is 1.81. The maximum Gasteiger partial charge on any atom is 0.231 e. The second-order valence-electron chi connectivity index (χ2n) is 4.42. The molecule has 0 unspecified atom stereocenters. The first-order chi connectivity index (χ1) is 9.83. The first-order valence-electron chi connectivity index (χ1n) is 6.18. The van der Waals surface area contributed by atoms with Crippen LogP contribution in [0.15, 0.2) is 36.4 Å². The molecule has 5 heteroatoms. The molecular weight excluding hydrogens is 274 g/mol. The number of hydrogen-bond donors (Lipinski definition) is 0. The van der Waals surface area contributed by atoms with Crippen molar-refractivity contribution in [1.82, 2.24) is 4.98 Å². The fraction of sp³-hybridized carbons (Fsp3) is 0.133. The number of rotatable bonds is 2. The van der Waals surface area contributed by atoms with E-state index in [1.54, 1.807) is 18.4 Å². The van der Waals surface area contributed by atoms with Crippen molar-refractivity contribution in [3.63, 3.8) is 0 Å². The zero-order chi connectivity index (χ0) is 13.5. The molecule has 0 radical (unpaired) electrons. The number of methoxy groups -OCH3 is 1. The maximum atomic E-state index is 5.41. The van der Waals surface area contributed by atoms with Crippen molar-refractivity contribution >= 4 is 21.6 Å². The van der Waals surface area contributed by atoms with Crippen LogP contribution in [0.25, 0.3) is 20.8 Å². The fourth-order valence-corrected chi connectivity index (χ4v) is 3.18. The zero-order valence-corrected chi connectivity index (χ0v) is 11.6. The molecule has 0 N–H and O–H groups in total. The van der Waals surface area contributed by atoms with Crippen LogP contribution in [-0.2, 0) is 0 Å². The highest BCUT2D eigenvalue weighted by Crippen LogP contribution is 2.38. The van der Waals surface area contributed by atoms with E-state index in [0.717, 1.165) is 38.0 Å². The van der Waals surface area contributed by atoms with E-state index in [4.69, 9.17) is 14.2 Å². The average Bonchev–Trinajstić information content (AvgIpc) is 3.11. The van der Waals surface area contributed by atoms with Gasteiger partial charge in [-0.1, -0.05) is 0 Å². The zero-order valence-electron chi connectivity index (χ0n) is 10.8. The van der Waals surface area contributed by atoms with Crippen LogP contribution >= 0.6 is 11.3 Å². The topological polar surface area (TPSA) is 40.6 Å². The highest BCUT2D eigenvalue weighted by Gasteiger charge is 2.15. The van der Waals surface area contributed by atoms with Crippen molar-refractivity contribution in [2.24, 2.45) is 0 Å². The third-order valence-corrected chi connectivity index (χ3v) is 4.28. The third kappa shape index (κ3) is 1.78. The summed E-state index contributed by atoms with van der Waals surface area (Å²) < 4.78 is 17.1. The second kappa shape index (κ2) is 4.38. The summed E-state index contributed by atoms with van der Waals surface area (Å²) in [6.07, 6.45) is 0. The van der Waals surface area contributed by atoms with Crippen molar-refractivity contribution in [3.8, 4) is 27.8 Å². The highest BCUT2D eigenvalue weighted by atomic mass is 32.1. The minimum Gasteiger partial charge on any atom is -0.497 e. The first-order valence-corrected chi connectivity index (χ1v) is 7.00. The summed E-state index contributed by atoms with van der Waals surface area (Å²) in [4.78, 5) is 4.65. The van der Waals surface area contributed by atoms with Crippen LogP contribution in [0.1, 0.15) is 0 Å². The molecule has 0 amide bonds. The summed E-state index contributed by atoms with van der Waals surface area (Å²) in [5.74, 6) is 2.41. The number of hydrogen-bond acceptors (Lipinski definition) is 5. The number of aromatic nitrogens is 1. The van der Waals surface area contributed by atoms with Crippen LogP contribution in [0.3, 0.4) is 0 Å². The molecule has 0 saturated carbocycles. The van der Waals surface area contributed by atoms with Gasteiger partial charge in [0.1, 0.15) is 10.8 Å². The largest absolute Gasteiger partial charge is 0.497 e. The predicted molar refractivity (Wildman–Crippen MR) is 77.7 cm³/mol. The van der Waals surface area contributed by atoms with E-state index < -0.39 is 0 Å². The molecule has 0 fully saturated rings. The van der Waals surface area contributed by atoms with Gasteiger partial charge in [0, 0.05) is 5.56 Å². The lowest BCUT2D eigenvalue weighted by molar-refractivity contribution is 0.174. The monoisotopic (exact) mass is 285 g/mol. The molecule has 0 spiro atoms. The summed E-state index contributed by atoms with van der Waals surface area (Å²) in [6.45, 7) is 0.288. The minimum atomic E-state index is 0.288. The van der Waals surface area contributed by atoms with Crippen molar-refractivity contribution in [2.75, 3.05) is 13.9 Å². The second-order valence-corrected chi connectivity index (χ2v) is 5.45. The lowest BCUT2D eigenvalue weighted by Crippen LogP contribution is -1.92. The number of fused-ring (bicyclic) bond motifs is 2. The van der Waals surface area contributed by atoms with Crippen LogP contribution in [-0.4, -0.2) is 18.9 Å². The summed E-state index contributed by atoms with van der Waals surface area (Å²) in [7, 11) is 1.67. The van der Waals surface area contributed by atoms with Gasteiger partial charge in [0.05, 0.1) is 17.3 Å². The lowest BCUT2D eigenvalue weighted by atomic mass is 10.2. The Bertz CT molecular complexity index is 797. The van der Waals surface area contributed by atoms with Crippen LogP contribution in [0, 0.1) is 0 Å². The maximum absolute atomic E-state index is 5.41. The molecule has 0 bridgehead atoms. The van der Waals surface area contributed by atoms with E-state index in [0.29, 0.717) is 0 Å². The van der Waals surface area contributed by atoms with E-state index in [1.165, 1.54) is 0 Å². The Morgan fingerprint density at radius 2 is 2.00 bits per heavy atom. The van der Waals surface area contributed by atoms with Gasteiger partial charge in [0.2, 0.25) is 6.79 Å². The Morgan fingerprint density at radius 1 is 1.10 bits per heavy atom. The van der Waals surface area contributed by atoms with Gasteiger partial charge in [-0.15, -0.1) is 11.3 Å². The van der Waals surface area contributed by atoms with E-state index in [2.05, 4.69) is 4.98 Å². The van der Waals surface area contributed by atoms with E-state index in [1.807, 2.05) is 36.4 Å². The molecule has 20 heavy (non-hydrogen) atoms.